The molecule has 0 aromatic carbocycles. The van der Waals surface area contributed by atoms with Crippen LogP contribution in [0.1, 0.15) is 46.5 Å². The minimum Gasteiger partial charge on any atom is -0.316 e. The lowest BCUT2D eigenvalue weighted by atomic mass is 9.64. The molecule has 0 bridgehead atoms. The molecule has 0 radical (unpaired) electrons. The summed E-state index contributed by atoms with van der Waals surface area (Å²) in [5.74, 6) is 3.00. The second kappa shape index (κ2) is 3.84. The number of rotatable bonds is 0. The van der Waals surface area contributed by atoms with Gasteiger partial charge in [-0.3, -0.25) is 0 Å². The highest BCUT2D eigenvalue weighted by atomic mass is 14.9. The van der Waals surface area contributed by atoms with Crippen LogP contribution >= 0.6 is 0 Å². The van der Waals surface area contributed by atoms with Gasteiger partial charge < -0.3 is 5.32 Å². The molecule has 1 heterocycles. The minimum atomic E-state index is 0.530. The second-order valence-electron chi connectivity index (χ2n) is 6.39. The summed E-state index contributed by atoms with van der Waals surface area (Å²) < 4.78 is 0. The number of hydrogen-bond acceptors (Lipinski definition) is 1. The zero-order valence-electron chi connectivity index (χ0n) is 9.97. The van der Waals surface area contributed by atoms with Crippen molar-refractivity contribution in [3.8, 4) is 0 Å². The van der Waals surface area contributed by atoms with Gasteiger partial charge in [-0.15, -0.1) is 0 Å². The summed E-state index contributed by atoms with van der Waals surface area (Å²) in [5.41, 5.74) is 0.530. The van der Waals surface area contributed by atoms with Gasteiger partial charge in [-0.25, -0.2) is 0 Å². The monoisotopic (exact) mass is 195 g/mol. The quantitative estimate of drug-likeness (QED) is 0.626. The number of fused-ring (bicyclic) bond motifs is 1. The Morgan fingerprint density at radius 3 is 2.50 bits per heavy atom. The SMILES string of the molecule is CC(C)(C)C1CCC2CCNCC2C1. The molecular weight excluding hydrogens is 170 g/mol. The Morgan fingerprint density at radius 2 is 1.79 bits per heavy atom. The van der Waals surface area contributed by atoms with Crippen LogP contribution in [0.5, 0.6) is 0 Å². The van der Waals surface area contributed by atoms with Crippen LogP contribution in [0.25, 0.3) is 0 Å². The van der Waals surface area contributed by atoms with Crippen molar-refractivity contribution in [2.45, 2.75) is 46.5 Å². The highest BCUT2D eigenvalue weighted by Gasteiger charge is 2.36. The van der Waals surface area contributed by atoms with E-state index in [2.05, 4.69) is 26.1 Å². The molecule has 0 spiro atoms. The molecule has 1 aliphatic heterocycles. The summed E-state index contributed by atoms with van der Waals surface area (Å²) >= 11 is 0. The van der Waals surface area contributed by atoms with Crippen molar-refractivity contribution in [2.75, 3.05) is 13.1 Å². The lowest BCUT2D eigenvalue weighted by molar-refractivity contribution is 0.0799. The topological polar surface area (TPSA) is 12.0 Å². The Bertz CT molecular complexity index is 192. The van der Waals surface area contributed by atoms with Gasteiger partial charge in [0.05, 0.1) is 0 Å². The molecule has 2 rings (SSSR count). The third-order valence-corrected chi connectivity index (χ3v) is 4.46. The minimum absolute atomic E-state index is 0.530. The van der Waals surface area contributed by atoms with E-state index in [0.717, 1.165) is 17.8 Å². The zero-order valence-corrected chi connectivity index (χ0v) is 9.97. The lowest BCUT2D eigenvalue weighted by Gasteiger charge is -2.44. The predicted octanol–water partition coefficient (Wildman–Crippen LogP) is 3.06. The fourth-order valence-electron chi connectivity index (χ4n) is 3.32. The van der Waals surface area contributed by atoms with Crippen LogP contribution < -0.4 is 5.32 Å². The number of hydrogen-bond donors (Lipinski definition) is 1. The molecule has 1 saturated carbocycles. The summed E-state index contributed by atoms with van der Waals surface area (Å²) in [4.78, 5) is 0. The van der Waals surface area contributed by atoms with Crippen molar-refractivity contribution in [1.29, 1.82) is 0 Å². The molecule has 3 unspecified atom stereocenters. The third-order valence-electron chi connectivity index (χ3n) is 4.46. The van der Waals surface area contributed by atoms with E-state index < -0.39 is 0 Å². The molecule has 2 aliphatic rings. The van der Waals surface area contributed by atoms with Gasteiger partial charge in [0.2, 0.25) is 0 Å². The normalized spacial score (nSPS) is 39.2. The van der Waals surface area contributed by atoms with Crippen LogP contribution in [0, 0.1) is 23.2 Å². The first kappa shape index (κ1) is 10.5. The van der Waals surface area contributed by atoms with Gasteiger partial charge in [0.15, 0.2) is 0 Å². The summed E-state index contributed by atoms with van der Waals surface area (Å²) in [6.07, 6.45) is 5.88. The van der Waals surface area contributed by atoms with Crippen LogP contribution in [-0.4, -0.2) is 13.1 Å². The largest absolute Gasteiger partial charge is 0.316 e. The van der Waals surface area contributed by atoms with E-state index in [0.29, 0.717) is 5.41 Å². The van der Waals surface area contributed by atoms with Gasteiger partial charge in [0, 0.05) is 0 Å². The molecule has 14 heavy (non-hydrogen) atoms. The van der Waals surface area contributed by atoms with E-state index >= 15 is 0 Å². The van der Waals surface area contributed by atoms with Gasteiger partial charge in [-0.05, 0) is 61.9 Å². The average molecular weight is 195 g/mol. The van der Waals surface area contributed by atoms with Crippen LogP contribution in [0.4, 0.5) is 0 Å². The Kier molecular flexibility index (Phi) is 2.88. The third kappa shape index (κ3) is 2.13. The predicted molar refractivity (Wildman–Crippen MR) is 61.3 cm³/mol. The molecule has 82 valence electrons. The summed E-state index contributed by atoms with van der Waals surface area (Å²) in [6, 6.07) is 0. The first-order chi connectivity index (χ1) is 6.57. The van der Waals surface area contributed by atoms with Crippen molar-refractivity contribution in [1.82, 2.24) is 5.32 Å². The van der Waals surface area contributed by atoms with Crippen molar-refractivity contribution >= 4 is 0 Å². The molecule has 1 nitrogen and oxygen atoms in total. The van der Waals surface area contributed by atoms with Gasteiger partial charge in [-0.1, -0.05) is 20.8 Å². The van der Waals surface area contributed by atoms with E-state index in [4.69, 9.17) is 0 Å². The van der Waals surface area contributed by atoms with Gasteiger partial charge >= 0.3 is 0 Å². The van der Waals surface area contributed by atoms with Gasteiger partial charge in [-0.2, -0.15) is 0 Å². The fraction of sp³-hybridized carbons (Fsp3) is 1.00. The first-order valence-corrected chi connectivity index (χ1v) is 6.28. The van der Waals surface area contributed by atoms with E-state index in [9.17, 15) is 0 Å². The van der Waals surface area contributed by atoms with Gasteiger partial charge in [0.25, 0.3) is 0 Å². The maximum atomic E-state index is 3.56. The summed E-state index contributed by atoms with van der Waals surface area (Å²) in [7, 11) is 0. The van der Waals surface area contributed by atoms with Crippen LogP contribution in [0.15, 0.2) is 0 Å². The van der Waals surface area contributed by atoms with Gasteiger partial charge in [0.1, 0.15) is 0 Å². The molecule has 0 aromatic heterocycles. The van der Waals surface area contributed by atoms with E-state index in [1.54, 1.807) is 0 Å². The lowest BCUT2D eigenvalue weighted by Crippen LogP contribution is -2.42. The average Bonchev–Trinajstić information content (AvgIpc) is 2.16. The Labute approximate surface area is 88.7 Å². The fourth-order valence-corrected chi connectivity index (χ4v) is 3.32. The molecule has 0 amide bonds. The number of nitrogens with one attached hydrogen (secondary N) is 1. The van der Waals surface area contributed by atoms with Crippen LogP contribution in [-0.2, 0) is 0 Å². The Morgan fingerprint density at radius 1 is 1.00 bits per heavy atom. The van der Waals surface area contributed by atoms with E-state index in [1.165, 1.54) is 38.8 Å². The molecule has 3 atom stereocenters. The first-order valence-electron chi connectivity index (χ1n) is 6.28. The zero-order chi connectivity index (χ0) is 10.2. The Balaban J connectivity index is 1.96. The van der Waals surface area contributed by atoms with E-state index in [1.807, 2.05) is 0 Å². The van der Waals surface area contributed by atoms with Crippen LogP contribution in [0.2, 0.25) is 0 Å². The van der Waals surface area contributed by atoms with Crippen molar-refractivity contribution in [2.24, 2.45) is 23.2 Å². The molecule has 1 saturated heterocycles. The molecule has 2 fully saturated rings. The maximum absolute atomic E-state index is 3.56. The standard InChI is InChI=1S/C13H25N/c1-13(2,3)12-5-4-10-6-7-14-9-11(10)8-12/h10-12,14H,4-9H2,1-3H3. The highest BCUT2D eigenvalue weighted by Crippen LogP contribution is 2.44. The smallest absolute Gasteiger partial charge is 0.00178 e. The maximum Gasteiger partial charge on any atom is -0.00178 e. The molecule has 1 heteroatoms. The molecule has 1 aliphatic carbocycles. The van der Waals surface area contributed by atoms with Crippen molar-refractivity contribution in [3.05, 3.63) is 0 Å². The summed E-state index contributed by atoms with van der Waals surface area (Å²) in [5, 5.41) is 3.56. The Hall–Kier alpha value is -0.0400. The highest BCUT2D eigenvalue weighted by molar-refractivity contribution is 4.88. The van der Waals surface area contributed by atoms with Crippen molar-refractivity contribution < 1.29 is 0 Å². The second-order valence-corrected chi connectivity index (χ2v) is 6.39. The van der Waals surface area contributed by atoms with Crippen LogP contribution in [0.3, 0.4) is 0 Å². The molecular formula is C13H25N. The summed E-state index contributed by atoms with van der Waals surface area (Å²) in [6.45, 7) is 9.79. The molecule has 0 aromatic rings. The molecule has 1 N–H and O–H groups in total. The number of piperidine rings is 1. The van der Waals surface area contributed by atoms with Crippen molar-refractivity contribution in [3.63, 3.8) is 0 Å². The van der Waals surface area contributed by atoms with E-state index in [-0.39, 0.29) is 0 Å².